The number of phenolic OH excluding ortho intramolecular Hbond substituents is 2. The van der Waals surface area contributed by atoms with Gasteiger partial charge in [-0.05, 0) is 30.3 Å². The van der Waals surface area contributed by atoms with E-state index in [0.29, 0.717) is 5.56 Å². The molecule has 4 rings (SSSR count). The predicted molar refractivity (Wildman–Crippen MR) is 90.2 cm³/mol. The smallest absolute Gasteiger partial charge is 1.00 e. The van der Waals surface area contributed by atoms with Crippen molar-refractivity contribution in [1.29, 1.82) is 0 Å². The minimum absolute atomic E-state index is 0. The van der Waals surface area contributed by atoms with Gasteiger partial charge in [0.05, 0.1) is 5.56 Å². The topological polar surface area (TPSA) is 66.8 Å². The Bertz CT molecular complexity index is 886. The molecule has 0 bridgehead atoms. The first-order valence-electron chi connectivity index (χ1n) is 7.53. The average Bonchev–Trinajstić information content (AvgIpc) is 2.91. The molecule has 1 heterocycles. The molecule has 0 amide bonds. The number of carbonyl (C=O) groups excluding carboxylic acids is 1. The van der Waals surface area contributed by atoms with Gasteiger partial charge in [0.15, 0.2) is 5.60 Å². The van der Waals surface area contributed by atoms with E-state index in [1.54, 1.807) is 60.7 Å². The molecule has 4 nitrogen and oxygen atoms in total. The first-order valence-corrected chi connectivity index (χ1v) is 7.53. The van der Waals surface area contributed by atoms with Crippen LogP contribution >= 0.6 is 0 Å². The minimum atomic E-state index is -1.10. The summed E-state index contributed by atoms with van der Waals surface area (Å²) in [7, 11) is 0. The van der Waals surface area contributed by atoms with Gasteiger partial charge in [-0.1, -0.05) is 42.5 Å². The van der Waals surface area contributed by atoms with Gasteiger partial charge < -0.3 is 17.8 Å². The molecule has 0 unspecified atom stereocenters. The van der Waals surface area contributed by atoms with Crippen LogP contribution in [0.2, 0.25) is 0 Å². The molecular weight excluding hydrogens is 382 g/mol. The third kappa shape index (κ3) is 3.78. The van der Waals surface area contributed by atoms with Crippen molar-refractivity contribution in [2.75, 3.05) is 0 Å². The van der Waals surface area contributed by atoms with Crippen LogP contribution in [0.3, 0.4) is 0 Å². The third-order valence-electron chi connectivity index (χ3n) is 4.32. The molecule has 0 radical (unpaired) electrons. The summed E-state index contributed by atoms with van der Waals surface area (Å²) in [5.41, 5.74) is 1.60. The van der Waals surface area contributed by atoms with Gasteiger partial charge in [0.1, 0.15) is 11.5 Å². The number of fused-ring (bicyclic) bond motifs is 1. The molecule has 0 saturated heterocycles. The Labute approximate surface area is 239 Å². The molecule has 0 aromatic heterocycles. The van der Waals surface area contributed by atoms with Crippen molar-refractivity contribution in [2.45, 2.75) is 5.60 Å². The number of cyclic esters (lactones) is 1. The summed E-state index contributed by atoms with van der Waals surface area (Å²) >= 11 is 0. The normalized spacial score (nSPS) is 13.8. The Balaban J connectivity index is 0.00000182. The maximum atomic E-state index is 12.4. The summed E-state index contributed by atoms with van der Waals surface area (Å²) in [6, 6.07) is 20.4. The fraction of sp³-hybridized carbons (Fsp3) is 0.0500. The van der Waals surface area contributed by atoms with Crippen LogP contribution in [0.4, 0.5) is 0 Å². The van der Waals surface area contributed by atoms with E-state index < -0.39 is 11.6 Å². The molecule has 0 spiro atoms. The molecule has 0 fully saturated rings. The molecule has 0 atom stereocenters. The van der Waals surface area contributed by atoms with Crippen LogP contribution in [0.5, 0.6) is 11.5 Å². The minimum Gasteiger partial charge on any atom is -1.00 e. The van der Waals surface area contributed by atoms with Crippen LogP contribution in [-0.4, -0.2) is 16.2 Å². The molecule has 1 aliphatic heterocycles. The summed E-state index contributed by atoms with van der Waals surface area (Å²) in [4.78, 5) is 12.4. The standard InChI is InChI=1S/C20H14O4.2K.2H/c21-15-9-5-13(6-10-15)20(14-7-11-16(22)12-8-14)18-4-2-1-3-17(18)19(23)24-20;;;;/h1-12,21-22H;;;;/q;2*+1;2*-1. The van der Waals surface area contributed by atoms with Crippen molar-refractivity contribution in [3.63, 3.8) is 0 Å². The van der Waals surface area contributed by atoms with Gasteiger partial charge in [0.25, 0.3) is 0 Å². The number of hydrogen-bond donors (Lipinski definition) is 2. The number of carbonyl (C=O) groups is 1. The van der Waals surface area contributed by atoms with Crippen molar-refractivity contribution in [3.05, 3.63) is 95.1 Å². The van der Waals surface area contributed by atoms with Crippen LogP contribution in [0, 0.1) is 0 Å². The number of hydrogen-bond acceptors (Lipinski definition) is 4. The largest absolute Gasteiger partial charge is 1.00 e. The van der Waals surface area contributed by atoms with Gasteiger partial charge in [-0.3, -0.25) is 0 Å². The first-order chi connectivity index (χ1) is 11.6. The zero-order valence-corrected chi connectivity index (χ0v) is 20.9. The van der Waals surface area contributed by atoms with Gasteiger partial charge >= 0.3 is 109 Å². The van der Waals surface area contributed by atoms with E-state index in [9.17, 15) is 15.0 Å². The summed E-state index contributed by atoms with van der Waals surface area (Å²) in [5.74, 6) is -0.124. The SMILES string of the molecule is O=C1OC(c2ccc(O)cc2)(c2ccc(O)cc2)c2ccccc21.[H-].[H-].[K+].[K+]. The summed E-state index contributed by atoms with van der Waals surface area (Å²) in [5, 5.41) is 19.2. The second kappa shape index (κ2) is 9.00. The molecule has 122 valence electrons. The molecule has 2 N–H and O–H groups in total. The van der Waals surface area contributed by atoms with Crippen LogP contribution < -0.4 is 103 Å². The summed E-state index contributed by atoms with van der Waals surface area (Å²) < 4.78 is 5.87. The average molecular weight is 399 g/mol. The number of benzene rings is 3. The van der Waals surface area contributed by atoms with E-state index in [2.05, 4.69) is 0 Å². The van der Waals surface area contributed by atoms with E-state index in [-0.39, 0.29) is 117 Å². The fourth-order valence-corrected chi connectivity index (χ4v) is 3.20. The Morgan fingerprint density at radius 3 is 1.69 bits per heavy atom. The molecule has 0 saturated carbocycles. The summed E-state index contributed by atoms with van der Waals surface area (Å²) in [6.45, 7) is 0. The number of rotatable bonds is 2. The van der Waals surface area contributed by atoms with Crippen LogP contribution in [-0.2, 0) is 10.3 Å². The van der Waals surface area contributed by atoms with E-state index in [1.165, 1.54) is 0 Å². The number of esters is 1. The molecule has 3 aromatic rings. The predicted octanol–water partition coefficient (Wildman–Crippen LogP) is -2.21. The van der Waals surface area contributed by atoms with Crippen molar-refractivity contribution in [2.24, 2.45) is 0 Å². The Morgan fingerprint density at radius 2 is 1.19 bits per heavy atom. The van der Waals surface area contributed by atoms with Gasteiger partial charge in [-0.15, -0.1) is 0 Å². The maximum Gasteiger partial charge on any atom is 1.00 e. The second-order valence-electron chi connectivity index (χ2n) is 5.71. The quantitative estimate of drug-likeness (QED) is 0.380. The number of aromatic hydroxyl groups is 2. The van der Waals surface area contributed by atoms with Crippen LogP contribution in [0.25, 0.3) is 0 Å². The van der Waals surface area contributed by atoms with Gasteiger partial charge in [0.2, 0.25) is 0 Å². The van der Waals surface area contributed by atoms with Crippen molar-refractivity contribution in [3.8, 4) is 11.5 Å². The van der Waals surface area contributed by atoms with Crippen molar-refractivity contribution in [1.82, 2.24) is 0 Å². The van der Waals surface area contributed by atoms with Crippen LogP contribution in [0.15, 0.2) is 72.8 Å². The fourth-order valence-electron chi connectivity index (χ4n) is 3.20. The summed E-state index contributed by atoms with van der Waals surface area (Å²) in [6.07, 6.45) is 0. The molecular formula is C20H16K2O4. The van der Waals surface area contributed by atoms with Crippen molar-refractivity contribution < 1.29 is 125 Å². The zero-order valence-electron chi connectivity index (χ0n) is 16.6. The Hall–Kier alpha value is 0.00273. The Kier molecular flexibility index (Phi) is 7.72. The number of phenols is 2. The van der Waals surface area contributed by atoms with Gasteiger partial charge in [-0.2, -0.15) is 0 Å². The molecule has 1 aliphatic rings. The monoisotopic (exact) mass is 398 g/mol. The number of ether oxygens (including phenoxy) is 1. The molecule has 26 heavy (non-hydrogen) atoms. The van der Waals surface area contributed by atoms with E-state index in [4.69, 9.17) is 4.74 Å². The van der Waals surface area contributed by atoms with Gasteiger partial charge in [-0.25, -0.2) is 4.79 Å². The third-order valence-corrected chi connectivity index (χ3v) is 4.32. The van der Waals surface area contributed by atoms with Crippen molar-refractivity contribution >= 4 is 5.97 Å². The Morgan fingerprint density at radius 1 is 0.731 bits per heavy atom. The molecule has 3 aromatic carbocycles. The molecule has 0 aliphatic carbocycles. The zero-order chi connectivity index (χ0) is 16.7. The second-order valence-corrected chi connectivity index (χ2v) is 5.71. The maximum absolute atomic E-state index is 12.4. The van der Waals surface area contributed by atoms with E-state index in [0.717, 1.165) is 16.7 Å². The van der Waals surface area contributed by atoms with E-state index in [1.807, 2.05) is 12.1 Å². The van der Waals surface area contributed by atoms with E-state index >= 15 is 0 Å². The first kappa shape index (κ1) is 22.3. The van der Waals surface area contributed by atoms with Gasteiger partial charge in [0, 0.05) is 16.7 Å². The van der Waals surface area contributed by atoms with Crippen LogP contribution in [0.1, 0.15) is 29.9 Å². The molecule has 6 heteroatoms.